The zero-order valence-corrected chi connectivity index (χ0v) is 17.7. The van der Waals surface area contributed by atoms with Gasteiger partial charge in [-0.05, 0) is 23.3 Å². The van der Waals surface area contributed by atoms with E-state index in [9.17, 15) is 14.3 Å². The monoisotopic (exact) mass is 443 g/mol. The summed E-state index contributed by atoms with van der Waals surface area (Å²) in [5.74, 6) is -0.803. The van der Waals surface area contributed by atoms with Gasteiger partial charge in [0.15, 0.2) is 0 Å². The number of aromatic nitrogens is 2. The highest BCUT2D eigenvalue weighted by atomic mass is 19.1. The molecule has 0 fully saturated rings. The van der Waals surface area contributed by atoms with Crippen LogP contribution in [0.25, 0.3) is 11.3 Å². The number of rotatable bonds is 9. The van der Waals surface area contributed by atoms with Gasteiger partial charge in [-0.1, -0.05) is 60.7 Å². The molecular weight excluding hydrogens is 421 g/mol. The minimum absolute atomic E-state index is 0.266. The van der Waals surface area contributed by atoms with Crippen LogP contribution in [0.5, 0.6) is 5.75 Å². The molecule has 0 bridgehead atoms. The lowest BCUT2D eigenvalue weighted by Gasteiger charge is -2.16. The number of hydrogen-bond donors (Lipinski definition) is 2. The number of ether oxygens (including phenoxy) is 1. The van der Waals surface area contributed by atoms with Gasteiger partial charge in [0, 0.05) is 24.1 Å². The van der Waals surface area contributed by atoms with Crippen LogP contribution in [0, 0.1) is 5.82 Å². The number of nitrogens with one attached hydrogen (secondary N) is 1. The standard InChI is InChI=1S/C26H22FN3O3/c27-22-14-20(33-16-19-9-5-2-6-10-19)11-12-21(22)23-15-25(29-17-28-23)30-24(26(31)32)13-18-7-3-1-4-8-18/h1-12,14-15,17,24H,13,16H2,(H,31,32)(H,28,29,30). The van der Waals surface area contributed by atoms with E-state index >= 15 is 0 Å². The number of anilines is 1. The van der Waals surface area contributed by atoms with Crippen LogP contribution in [-0.4, -0.2) is 27.1 Å². The van der Waals surface area contributed by atoms with Crippen molar-refractivity contribution in [2.45, 2.75) is 19.1 Å². The van der Waals surface area contributed by atoms with Gasteiger partial charge in [-0.15, -0.1) is 0 Å². The first-order valence-electron chi connectivity index (χ1n) is 10.4. The van der Waals surface area contributed by atoms with Gasteiger partial charge in [0.1, 0.15) is 36.4 Å². The first kappa shape index (κ1) is 22.0. The molecule has 1 aromatic heterocycles. The normalized spacial score (nSPS) is 11.5. The van der Waals surface area contributed by atoms with Gasteiger partial charge in [-0.25, -0.2) is 19.2 Å². The van der Waals surface area contributed by atoms with E-state index in [1.165, 1.54) is 18.5 Å². The Morgan fingerprint density at radius 2 is 1.64 bits per heavy atom. The topological polar surface area (TPSA) is 84.3 Å². The SMILES string of the molecule is O=C(O)C(Cc1ccccc1)Nc1cc(-c2ccc(OCc3ccccc3)cc2F)ncn1. The highest BCUT2D eigenvalue weighted by molar-refractivity contribution is 5.77. The summed E-state index contributed by atoms with van der Waals surface area (Å²) < 4.78 is 20.5. The van der Waals surface area contributed by atoms with Crippen LogP contribution in [0.1, 0.15) is 11.1 Å². The number of halogens is 1. The summed E-state index contributed by atoms with van der Waals surface area (Å²) in [6.45, 7) is 0.333. The Bertz CT molecular complexity index is 1220. The second-order valence-corrected chi connectivity index (χ2v) is 7.43. The summed E-state index contributed by atoms with van der Waals surface area (Å²) in [6, 6.07) is 24.1. The van der Waals surface area contributed by atoms with Crippen molar-refractivity contribution in [2.24, 2.45) is 0 Å². The summed E-state index contributed by atoms with van der Waals surface area (Å²) in [5.41, 5.74) is 2.46. The molecule has 1 unspecified atom stereocenters. The second kappa shape index (κ2) is 10.4. The predicted octanol–water partition coefficient (Wildman–Crippen LogP) is 4.97. The Balaban J connectivity index is 1.48. The van der Waals surface area contributed by atoms with E-state index in [2.05, 4.69) is 15.3 Å². The molecule has 7 heteroatoms. The number of hydrogen-bond acceptors (Lipinski definition) is 5. The Kier molecular flexibility index (Phi) is 6.90. The maximum atomic E-state index is 14.8. The third-order valence-corrected chi connectivity index (χ3v) is 5.03. The summed E-state index contributed by atoms with van der Waals surface area (Å²) in [4.78, 5) is 20.0. The maximum Gasteiger partial charge on any atom is 0.326 e. The zero-order valence-electron chi connectivity index (χ0n) is 17.7. The van der Waals surface area contributed by atoms with Gasteiger partial charge in [-0.3, -0.25) is 0 Å². The lowest BCUT2D eigenvalue weighted by Crippen LogP contribution is -2.31. The molecule has 0 aliphatic carbocycles. The second-order valence-electron chi connectivity index (χ2n) is 7.43. The number of carboxylic acid groups (broad SMARTS) is 1. The highest BCUT2D eigenvalue weighted by Crippen LogP contribution is 2.26. The molecular formula is C26H22FN3O3. The number of aliphatic carboxylic acids is 1. The fraction of sp³-hybridized carbons (Fsp3) is 0.115. The van der Waals surface area contributed by atoms with Gasteiger partial charge in [0.05, 0.1) is 5.69 Å². The average Bonchev–Trinajstić information content (AvgIpc) is 2.84. The lowest BCUT2D eigenvalue weighted by molar-refractivity contribution is -0.137. The number of nitrogens with zero attached hydrogens (tertiary/aromatic N) is 2. The van der Waals surface area contributed by atoms with Crippen LogP contribution < -0.4 is 10.1 Å². The molecule has 0 aliphatic rings. The molecule has 3 aromatic carbocycles. The van der Waals surface area contributed by atoms with Crippen molar-refractivity contribution in [1.29, 1.82) is 0 Å². The Labute approximate surface area is 190 Å². The van der Waals surface area contributed by atoms with Gasteiger partial charge >= 0.3 is 5.97 Å². The van der Waals surface area contributed by atoms with Crippen molar-refractivity contribution in [3.63, 3.8) is 0 Å². The molecule has 1 heterocycles. The van der Waals surface area contributed by atoms with Crippen LogP contribution in [0.2, 0.25) is 0 Å². The van der Waals surface area contributed by atoms with Crippen molar-refractivity contribution in [3.05, 3.63) is 108 Å². The molecule has 0 aliphatic heterocycles. The van der Waals surface area contributed by atoms with E-state index in [4.69, 9.17) is 4.74 Å². The van der Waals surface area contributed by atoms with Gasteiger partial charge in [0.25, 0.3) is 0 Å². The van der Waals surface area contributed by atoms with Crippen LogP contribution in [-0.2, 0) is 17.8 Å². The molecule has 4 aromatic rings. The Morgan fingerprint density at radius 3 is 2.30 bits per heavy atom. The third-order valence-electron chi connectivity index (χ3n) is 5.03. The first-order valence-corrected chi connectivity index (χ1v) is 10.4. The Hall–Kier alpha value is -4.26. The minimum atomic E-state index is -1.01. The van der Waals surface area contributed by atoms with Crippen molar-refractivity contribution in [2.75, 3.05) is 5.32 Å². The summed E-state index contributed by atoms with van der Waals surface area (Å²) in [7, 11) is 0. The van der Waals surface area contributed by atoms with Gasteiger partial charge in [-0.2, -0.15) is 0 Å². The summed E-state index contributed by atoms with van der Waals surface area (Å²) >= 11 is 0. The fourth-order valence-electron chi connectivity index (χ4n) is 3.35. The molecule has 0 saturated carbocycles. The van der Waals surface area contributed by atoms with Gasteiger partial charge in [0.2, 0.25) is 0 Å². The van der Waals surface area contributed by atoms with Crippen molar-refractivity contribution in [1.82, 2.24) is 9.97 Å². The average molecular weight is 443 g/mol. The first-order chi connectivity index (χ1) is 16.1. The van der Waals surface area contributed by atoms with Crippen molar-refractivity contribution < 1.29 is 19.0 Å². The van der Waals surface area contributed by atoms with Crippen molar-refractivity contribution in [3.8, 4) is 17.0 Å². The van der Waals surface area contributed by atoms with E-state index in [-0.39, 0.29) is 12.0 Å². The van der Waals surface area contributed by atoms with E-state index in [1.54, 1.807) is 12.1 Å². The highest BCUT2D eigenvalue weighted by Gasteiger charge is 2.19. The molecule has 0 amide bonds. The lowest BCUT2D eigenvalue weighted by atomic mass is 10.1. The quantitative estimate of drug-likeness (QED) is 0.380. The molecule has 6 nitrogen and oxygen atoms in total. The van der Waals surface area contributed by atoms with E-state index < -0.39 is 17.8 Å². The van der Waals surface area contributed by atoms with Crippen LogP contribution >= 0.6 is 0 Å². The van der Waals surface area contributed by atoms with E-state index in [1.807, 2.05) is 60.7 Å². The van der Waals surface area contributed by atoms with E-state index in [0.717, 1.165) is 11.1 Å². The molecule has 166 valence electrons. The molecule has 0 radical (unpaired) electrons. The summed E-state index contributed by atoms with van der Waals surface area (Å²) in [5, 5.41) is 12.5. The molecule has 33 heavy (non-hydrogen) atoms. The van der Waals surface area contributed by atoms with Crippen LogP contribution in [0.15, 0.2) is 91.3 Å². The molecule has 2 N–H and O–H groups in total. The third kappa shape index (κ3) is 5.92. The summed E-state index contributed by atoms with van der Waals surface area (Å²) in [6.07, 6.45) is 1.55. The van der Waals surface area contributed by atoms with Crippen LogP contribution in [0.4, 0.5) is 10.2 Å². The molecule has 4 rings (SSSR count). The number of carboxylic acids is 1. The Morgan fingerprint density at radius 1 is 0.939 bits per heavy atom. The molecule has 0 saturated heterocycles. The van der Waals surface area contributed by atoms with Crippen molar-refractivity contribution >= 4 is 11.8 Å². The largest absolute Gasteiger partial charge is 0.489 e. The number of benzene rings is 3. The minimum Gasteiger partial charge on any atom is -0.489 e. The maximum absolute atomic E-state index is 14.8. The predicted molar refractivity (Wildman–Crippen MR) is 123 cm³/mol. The van der Waals surface area contributed by atoms with Crippen LogP contribution in [0.3, 0.4) is 0 Å². The molecule has 0 spiro atoms. The fourth-order valence-corrected chi connectivity index (χ4v) is 3.35. The van der Waals surface area contributed by atoms with E-state index in [0.29, 0.717) is 23.9 Å². The smallest absolute Gasteiger partial charge is 0.326 e. The molecule has 1 atom stereocenters. The zero-order chi connectivity index (χ0) is 23.0. The van der Waals surface area contributed by atoms with Gasteiger partial charge < -0.3 is 15.2 Å². The number of carbonyl (C=O) groups is 1.